The highest BCUT2D eigenvalue weighted by molar-refractivity contribution is 5.57. The molecule has 0 spiro atoms. The first-order valence-corrected chi connectivity index (χ1v) is 8.39. The summed E-state index contributed by atoms with van der Waals surface area (Å²) in [5, 5.41) is 3.74. The number of benzene rings is 1. The summed E-state index contributed by atoms with van der Waals surface area (Å²) in [5.74, 6) is 1.66. The lowest BCUT2D eigenvalue weighted by atomic mass is 9.76. The van der Waals surface area contributed by atoms with Crippen molar-refractivity contribution in [2.45, 2.75) is 51.1 Å². The molecular formula is C18H26N2. The normalized spacial score (nSPS) is 32.6. The van der Waals surface area contributed by atoms with Gasteiger partial charge in [0.25, 0.3) is 0 Å². The predicted octanol–water partition coefficient (Wildman–Crippen LogP) is 3.22. The summed E-state index contributed by atoms with van der Waals surface area (Å²) in [4.78, 5) is 2.73. The van der Waals surface area contributed by atoms with Crippen molar-refractivity contribution in [3.05, 3.63) is 29.8 Å². The number of hydrogen-bond donors (Lipinski definition) is 1. The van der Waals surface area contributed by atoms with Gasteiger partial charge in [0.15, 0.2) is 0 Å². The van der Waals surface area contributed by atoms with Crippen molar-refractivity contribution in [1.82, 2.24) is 5.32 Å². The molecule has 0 saturated heterocycles. The molecule has 0 radical (unpaired) electrons. The second-order valence-electron chi connectivity index (χ2n) is 7.18. The van der Waals surface area contributed by atoms with Gasteiger partial charge >= 0.3 is 0 Å². The van der Waals surface area contributed by atoms with Crippen LogP contribution in [0.3, 0.4) is 0 Å². The van der Waals surface area contributed by atoms with Crippen molar-refractivity contribution in [2.75, 3.05) is 18.0 Å². The molecule has 0 aromatic heterocycles. The molecule has 3 aliphatic rings. The van der Waals surface area contributed by atoms with Gasteiger partial charge in [0, 0.05) is 30.9 Å². The second-order valence-corrected chi connectivity index (χ2v) is 7.18. The topological polar surface area (TPSA) is 15.3 Å². The van der Waals surface area contributed by atoms with Gasteiger partial charge in [-0.1, -0.05) is 25.1 Å². The van der Waals surface area contributed by atoms with E-state index in [1.807, 2.05) is 0 Å². The Bertz CT molecular complexity index is 480. The second kappa shape index (κ2) is 5.07. The highest BCUT2D eigenvalue weighted by Crippen LogP contribution is 2.39. The van der Waals surface area contributed by atoms with E-state index in [9.17, 15) is 0 Å². The average Bonchev–Trinajstić information content (AvgIpc) is 3.21. The van der Waals surface area contributed by atoms with Crippen molar-refractivity contribution >= 4 is 5.69 Å². The number of fused-ring (bicyclic) bond motifs is 1. The summed E-state index contributed by atoms with van der Waals surface area (Å²) in [6.45, 7) is 4.89. The van der Waals surface area contributed by atoms with Gasteiger partial charge in [-0.05, 0) is 55.6 Å². The SMILES string of the molecule is CC1Cc2ccccc2N(C2CCC2CNC2CC2)C1. The van der Waals surface area contributed by atoms with Crippen LogP contribution in [-0.4, -0.2) is 25.2 Å². The summed E-state index contributed by atoms with van der Waals surface area (Å²) < 4.78 is 0. The quantitative estimate of drug-likeness (QED) is 0.904. The van der Waals surface area contributed by atoms with Crippen LogP contribution in [0.15, 0.2) is 24.3 Å². The van der Waals surface area contributed by atoms with Gasteiger partial charge in [0.1, 0.15) is 0 Å². The van der Waals surface area contributed by atoms with Gasteiger partial charge in [0.2, 0.25) is 0 Å². The van der Waals surface area contributed by atoms with E-state index in [4.69, 9.17) is 0 Å². The Morgan fingerprint density at radius 1 is 1.15 bits per heavy atom. The Labute approximate surface area is 122 Å². The fourth-order valence-electron chi connectivity index (χ4n) is 3.96. The van der Waals surface area contributed by atoms with Gasteiger partial charge in [-0.25, -0.2) is 0 Å². The van der Waals surface area contributed by atoms with Crippen LogP contribution in [0.25, 0.3) is 0 Å². The first-order chi connectivity index (χ1) is 9.81. The van der Waals surface area contributed by atoms with Crippen LogP contribution in [-0.2, 0) is 6.42 Å². The van der Waals surface area contributed by atoms with E-state index in [1.54, 1.807) is 5.56 Å². The zero-order chi connectivity index (χ0) is 13.5. The van der Waals surface area contributed by atoms with E-state index in [1.165, 1.54) is 50.9 Å². The third-order valence-corrected chi connectivity index (χ3v) is 5.40. The van der Waals surface area contributed by atoms with Crippen molar-refractivity contribution in [1.29, 1.82) is 0 Å². The molecule has 2 nitrogen and oxygen atoms in total. The van der Waals surface area contributed by atoms with E-state index in [0.29, 0.717) is 0 Å². The van der Waals surface area contributed by atoms with E-state index in [-0.39, 0.29) is 0 Å². The van der Waals surface area contributed by atoms with Crippen LogP contribution < -0.4 is 10.2 Å². The van der Waals surface area contributed by atoms with E-state index >= 15 is 0 Å². The zero-order valence-corrected chi connectivity index (χ0v) is 12.5. The van der Waals surface area contributed by atoms with Gasteiger partial charge in [0.05, 0.1) is 0 Å². The lowest BCUT2D eigenvalue weighted by Gasteiger charge is -2.49. The van der Waals surface area contributed by atoms with Crippen LogP contribution in [0.5, 0.6) is 0 Å². The summed E-state index contributed by atoms with van der Waals surface area (Å²) in [6.07, 6.45) is 6.86. The third kappa shape index (κ3) is 2.35. The highest BCUT2D eigenvalue weighted by Gasteiger charge is 2.38. The Kier molecular flexibility index (Phi) is 3.22. The Hall–Kier alpha value is -1.02. The van der Waals surface area contributed by atoms with Crippen molar-refractivity contribution in [2.24, 2.45) is 11.8 Å². The fourth-order valence-corrected chi connectivity index (χ4v) is 3.96. The monoisotopic (exact) mass is 270 g/mol. The maximum Gasteiger partial charge on any atom is 0.0401 e. The predicted molar refractivity (Wildman–Crippen MR) is 84.2 cm³/mol. The minimum Gasteiger partial charge on any atom is -0.368 e. The molecule has 1 aromatic rings. The summed E-state index contributed by atoms with van der Waals surface area (Å²) in [6, 6.07) is 10.7. The largest absolute Gasteiger partial charge is 0.368 e. The Morgan fingerprint density at radius 3 is 2.75 bits per heavy atom. The Morgan fingerprint density at radius 2 is 2.00 bits per heavy atom. The summed E-state index contributed by atoms with van der Waals surface area (Å²) in [7, 11) is 0. The molecule has 1 heterocycles. The highest BCUT2D eigenvalue weighted by atomic mass is 15.2. The van der Waals surface area contributed by atoms with Crippen LogP contribution in [0.2, 0.25) is 0 Å². The van der Waals surface area contributed by atoms with Crippen LogP contribution >= 0.6 is 0 Å². The van der Waals surface area contributed by atoms with Crippen molar-refractivity contribution in [3.8, 4) is 0 Å². The summed E-state index contributed by atoms with van der Waals surface area (Å²) in [5.41, 5.74) is 3.08. The maximum atomic E-state index is 3.74. The first kappa shape index (κ1) is 12.7. The molecule has 2 saturated carbocycles. The van der Waals surface area contributed by atoms with Crippen LogP contribution in [0.1, 0.15) is 38.2 Å². The molecule has 108 valence electrons. The molecule has 2 heteroatoms. The molecule has 1 aromatic carbocycles. The van der Waals surface area contributed by atoms with Crippen molar-refractivity contribution in [3.63, 3.8) is 0 Å². The smallest absolute Gasteiger partial charge is 0.0401 e. The first-order valence-electron chi connectivity index (χ1n) is 8.39. The van der Waals surface area contributed by atoms with E-state index < -0.39 is 0 Å². The molecule has 2 aliphatic carbocycles. The van der Waals surface area contributed by atoms with Gasteiger partial charge in [-0.2, -0.15) is 0 Å². The average molecular weight is 270 g/mol. The molecular weight excluding hydrogens is 244 g/mol. The Balaban J connectivity index is 1.49. The fraction of sp³-hybridized carbons (Fsp3) is 0.667. The van der Waals surface area contributed by atoms with Gasteiger partial charge < -0.3 is 10.2 Å². The minimum absolute atomic E-state index is 0.783. The van der Waals surface area contributed by atoms with Gasteiger partial charge in [-0.3, -0.25) is 0 Å². The van der Waals surface area contributed by atoms with Gasteiger partial charge in [-0.15, -0.1) is 0 Å². The number of anilines is 1. The number of nitrogens with zero attached hydrogens (tertiary/aromatic N) is 1. The number of para-hydroxylation sites is 1. The lowest BCUT2D eigenvalue weighted by Crippen LogP contribution is -2.53. The molecule has 4 rings (SSSR count). The summed E-state index contributed by atoms with van der Waals surface area (Å²) >= 11 is 0. The standard InChI is InChI=1S/C18H26N2/c1-13-10-14-4-2-3-5-17(14)20(12-13)18-9-6-15(18)11-19-16-7-8-16/h2-5,13,15-16,18-19H,6-12H2,1H3. The molecule has 0 bridgehead atoms. The third-order valence-electron chi connectivity index (χ3n) is 5.40. The molecule has 3 unspecified atom stereocenters. The molecule has 1 aliphatic heterocycles. The molecule has 3 atom stereocenters. The number of nitrogens with one attached hydrogen (secondary N) is 1. The number of rotatable bonds is 4. The zero-order valence-electron chi connectivity index (χ0n) is 12.5. The lowest BCUT2D eigenvalue weighted by molar-refractivity contribution is 0.224. The molecule has 0 amide bonds. The maximum absolute atomic E-state index is 3.74. The van der Waals surface area contributed by atoms with Crippen LogP contribution in [0, 0.1) is 11.8 Å². The molecule has 20 heavy (non-hydrogen) atoms. The van der Waals surface area contributed by atoms with E-state index in [2.05, 4.69) is 41.4 Å². The van der Waals surface area contributed by atoms with E-state index in [0.717, 1.165) is 23.9 Å². The molecule has 2 fully saturated rings. The van der Waals surface area contributed by atoms with Crippen LogP contribution in [0.4, 0.5) is 5.69 Å². The number of hydrogen-bond acceptors (Lipinski definition) is 2. The minimum atomic E-state index is 0.783. The van der Waals surface area contributed by atoms with Crippen molar-refractivity contribution < 1.29 is 0 Å². The molecule has 1 N–H and O–H groups in total.